The molecule has 1 heterocycles. The zero-order chi connectivity index (χ0) is 13.0. The average Bonchev–Trinajstić information content (AvgIpc) is 2.27. The quantitative estimate of drug-likeness (QED) is 0.650. The van der Waals surface area contributed by atoms with Crippen molar-refractivity contribution in [1.82, 2.24) is 0 Å². The zero-order valence-corrected chi connectivity index (χ0v) is 12.2. The van der Waals surface area contributed by atoms with Crippen molar-refractivity contribution >= 4 is 11.6 Å². The number of fused-ring (bicyclic) bond motifs is 2. The van der Waals surface area contributed by atoms with Gasteiger partial charge in [-0.1, -0.05) is 25.4 Å². The van der Waals surface area contributed by atoms with Gasteiger partial charge in [-0.25, -0.2) is 0 Å². The second-order valence-corrected chi connectivity index (χ2v) is 7.20. The highest BCUT2D eigenvalue weighted by Crippen LogP contribution is 2.53. The Balaban J connectivity index is 2.04. The van der Waals surface area contributed by atoms with Crippen molar-refractivity contribution in [2.24, 2.45) is 11.3 Å². The van der Waals surface area contributed by atoms with E-state index in [0.29, 0.717) is 11.3 Å². The van der Waals surface area contributed by atoms with Gasteiger partial charge in [0.25, 0.3) is 0 Å². The monoisotopic (exact) mass is 264 g/mol. The third-order valence-corrected chi connectivity index (χ3v) is 5.20. The molecule has 2 atom stereocenters. The van der Waals surface area contributed by atoms with E-state index < -0.39 is 0 Å². The molecule has 3 rings (SSSR count). The van der Waals surface area contributed by atoms with Gasteiger partial charge in [0.2, 0.25) is 0 Å². The summed E-state index contributed by atoms with van der Waals surface area (Å²) in [5.41, 5.74) is 1.63. The van der Waals surface area contributed by atoms with Crippen LogP contribution in [0.3, 0.4) is 0 Å². The van der Waals surface area contributed by atoms with Gasteiger partial charge in [-0.2, -0.15) is 0 Å². The molecule has 1 aromatic carbocycles. The first-order chi connectivity index (χ1) is 8.41. The van der Waals surface area contributed by atoms with Gasteiger partial charge in [-0.05, 0) is 61.8 Å². The van der Waals surface area contributed by atoms with Crippen LogP contribution >= 0.6 is 11.6 Å². The Morgan fingerprint density at radius 1 is 1.22 bits per heavy atom. The number of rotatable bonds is 0. The van der Waals surface area contributed by atoms with Crippen molar-refractivity contribution in [2.75, 3.05) is 0 Å². The van der Waals surface area contributed by atoms with Gasteiger partial charge in [-0.3, -0.25) is 0 Å². The van der Waals surface area contributed by atoms with E-state index in [4.69, 9.17) is 16.3 Å². The molecule has 0 saturated heterocycles. The lowest BCUT2D eigenvalue weighted by Crippen LogP contribution is -2.53. The number of hydrogen-bond acceptors (Lipinski definition) is 1. The fourth-order valence-electron chi connectivity index (χ4n) is 3.96. The lowest BCUT2D eigenvalue weighted by atomic mass is 9.59. The van der Waals surface area contributed by atoms with E-state index in [1.54, 1.807) is 0 Å². The van der Waals surface area contributed by atoms with Crippen LogP contribution in [0.25, 0.3) is 0 Å². The van der Waals surface area contributed by atoms with Crippen LogP contribution in [0.2, 0.25) is 5.02 Å². The molecule has 1 fully saturated rings. The smallest absolute Gasteiger partial charge is 0.123 e. The maximum Gasteiger partial charge on any atom is 0.123 e. The van der Waals surface area contributed by atoms with Crippen LogP contribution in [0.4, 0.5) is 0 Å². The van der Waals surface area contributed by atoms with Crippen LogP contribution in [0.15, 0.2) is 18.2 Å². The molecule has 2 heteroatoms. The van der Waals surface area contributed by atoms with Crippen LogP contribution in [0, 0.1) is 11.3 Å². The van der Waals surface area contributed by atoms with Gasteiger partial charge in [-0.15, -0.1) is 0 Å². The Morgan fingerprint density at radius 2 is 2.00 bits per heavy atom. The Morgan fingerprint density at radius 3 is 2.78 bits per heavy atom. The maximum absolute atomic E-state index is 6.36. The molecule has 2 aliphatic rings. The zero-order valence-electron chi connectivity index (χ0n) is 11.4. The number of ether oxygens (including phenoxy) is 1. The Labute approximate surface area is 114 Å². The largest absolute Gasteiger partial charge is 0.487 e. The molecule has 0 amide bonds. The minimum Gasteiger partial charge on any atom is -0.487 e. The predicted molar refractivity (Wildman–Crippen MR) is 75.3 cm³/mol. The summed E-state index contributed by atoms with van der Waals surface area (Å²) in [6, 6.07) is 6.03. The summed E-state index contributed by atoms with van der Waals surface area (Å²) in [6.45, 7) is 7.05. The first-order valence-electron chi connectivity index (χ1n) is 6.88. The van der Waals surface area contributed by atoms with Crippen molar-refractivity contribution in [2.45, 2.75) is 52.1 Å². The van der Waals surface area contributed by atoms with Gasteiger partial charge in [0.1, 0.15) is 11.4 Å². The lowest BCUT2D eigenvalue weighted by Gasteiger charge is -2.53. The predicted octanol–water partition coefficient (Wildman–Crippen LogP) is 4.86. The summed E-state index contributed by atoms with van der Waals surface area (Å²) < 4.78 is 6.36. The van der Waals surface area contributed by atoms with Crippen LogP contribution in [0.5, 0.6) is 5.75 Å². The van der Waals surface area contributed by atoms with Crippen molar-refractivity contribution in [3.05, 3.63) is 28.8 Å². The van der Waals surface area contributed by atoms with Crippen molar-refractivity contribution in [1.29, 1.82) is 0 Å². The summed E-state index contributed by atoms with van der Waals surface area (Å²) in [6.07, 6.45) is 4.83. The number of hydrogen-bond donors (Lipinski definition) is 0. The number of halogens is 1. The van der Waals surface area contributed by atoms with E-state index in [1.165, 1.54) is 24.8 Å². The molecule has 0 N–H and O–H groups in total. The third-order valence-electron chi connectivity index (χ3n) is 4.96. The Hall–Kier alpha value is -0.690. The second kappa shape index (κ2) is 3.90. The molecule has 1 saturated carbocycles. The molecule has 1 aliphatic carbocycles. The van der Waals surface area contributed by atoms with Crippen LogP contribution in [-0.2, 0) is 6.42 Å². The highest BCUT2D eigenvalue weighted by atomic mass is 35.5. The minimum atomic E-state index is 0.00256. The molecule has 18 heavy (non-hydrogen) atoms. The van der Waals surface area contributed by atoms with Gasteiger partial charge >= 0.3 is 0 Å². The maximum atomic E-state index is 6.36. The highest BCUT2D eigenvalue weighted by Gasteiger charge is 2.50. The van der Waals surface area contributed by atoms with Crippen molar-refractivity contribution in [3.63, 3.8) is 0 Å². The molecule has 0 spiro atoms. The number of benzene rings is 1. The first-order valence-corrected chi connectivity index (χ1v) is 7.26. The molecule has 1 aliphatic heterocycles. The topological polar surface area (TPSA) is 9.23 Å². The van der Waals surface area contributed by atoms with Crippen molar-refractivity contribution < 1.29 is 4.74 Å². The summed E-state index contributed by atoms with van der Waals surface area (Å²) in [5, 5.41) is 0.814. The minimum absolute atomic E-state index is 0.00256. The second-order valence-electron chi connectivity index (χ2n) is 6.77. The molecule has 98 valence electrons. The van der Waals surface area contributed by atoms with E-state index >= 15 is 0 Å². The van der Waals surface area contributed by atoms with Crippen LogP contribution in [0.1, 0.15) is 45.6 Å². The molecule has 0 unspecified atom stereocenters. The van der Waals surface area contributed by atoms with E-state index in [0.717, 1.165) is 17.2 Å². The molecule has 1 nitrogen and oxygen atoms in total. The van der Waals surface area contributed by atoms with E-state index in [9.17, 15) is 0 Å². The Kier molecular flexibility index (Phi) is 2.68. The summed E-state index contributed by atoms with van der Waals surface area (Å²) >= 11 is 6.10. The Bertz CT molecular complexity index is 480. The molecule has 0 bridgehead atoms. The van der Waals surface area contributed by atoms with E-state index in [1.807, 2.05) is 12.1 Å². The SMILES string of the molecule is CC1(C)CCC[C@]2(C)Oc3ccc(Cl)cc3C[C@@H]12. The first kappa shape index (κ1) is 12.3. The summed E-state index contributed by atoms with van der Waals surface area (Å²) in [4.78, 5) is 0. The van der Waals surface area contributed by atoms with Gasteiger partial charge in [0, 0.05) is 10.9 Å². The highest BCUT2D eigenvalue weighted by molar-refractivity contribution is 6.30. The van der Waals surface area contributed by atoms with Gasteiger partial charge in [0.05, 0.1) is 0 Å². The average molecular weight is 265 g/mol. The molecule has 0 aromatic heterocycles. The molecule has 1 aromatic rings. The molecular formula is C16H21ClO. The van der Waals surface area contributed by atoms with E-state index in [2.05, 4.69) is 26.8 Å². The van der Waals surface area contributed by atoms with Gasteiger partial charge < -0.3 is 4.74 Å². The van der Waals surface area contributed by atoms with Gasteiger partial charge in [0.15, 0.2) is 0 Å². The summed E-state index contributed by atoms with van der Waals surface area (Å²) in [7, 11) is 0. The fourth-order valence-corrected chi connectivity index (χ4v) is 4.16. The lowest BCUT2D eigenvalue weighted by molar-refractivity contribution is -0.0815. The normalized spacial score (nSPS) is 33.2. The molecule has 0 radical (unpaired) electrons. The van der Waals surface area contributed by atoms with Crippen LogP contribution in [-0.4, -0.2) is 5.60 Å². The van der Waals surface area contributed by atoms with E-state index in [-0.39, 0.29) is 5.60 Å². The molecular weight excluding hydrogens is 244 g/mol. The standard InChI is InChI=1S/C16H21ClO/c1-15(2)7-4-8-16(3)14(15)10-11-9-12(17)5-6-13(11)18-16/h5-6,9,14H,4,7-8,10H2,1-3H3/t14-,16-/m0/s1. The van der Waals surface area contributed by atoms with Crippen LogP contribution < -0.4 is 4.74 Å². The van der Waals surface area contributed by atoms with Crippen molar-refractivity contribution in [3.8, 4) is 5.75 Å². The fraction of sp³-hybridized carbons (Fsp3) is 0.625. The summed E-state index contributed by atoms with van der Waals surface area (Å²) in [5.74, 6) is 1.63. The third kappa shape index (κ3) is 1.84.